The summed E-state index contributed by atoms with van der Waals surface area (Å²) in [6, 6.07) is 1.46. The van der Waals surface area contributed by atoms with Crippen LogP contribution in [-0.2, 0) is 4.74 Å². The van der Waals surface area contributed by atoms with Gasteiger partial charge >= 0.3 is 6.09 Å². The fourth-order valence-corrected chi connectivity index (χ4v) is 3.78. The number of carbonyl (C=O) groups excluding carboxylic acids is 2. The second-order valence-corrected chi connectivity index (χ2v) is 9.52. The van der Waals surface area contributed by atoms with Crippen LogP contribution in [0.1, 0.15) is 44.1 Å². The van der Waals surface area contributed by atoms with Gasteiger partial charge in [-0.3, -0.25) is 9.78 Å². The minimum Gasteiger partial charge on any atom is -0.444 e. The molecule has 3 aromatic heterocycles. The van der Waals surface area contributed by atoms with Crippen LogP contribution in [0.5, 0.6) is 0 Å². The van der Waals surface area contributed by atoms with Crippen molar-refractivity contribution in [2.75, 3.05) is 25.0 Å². The Kier molecular flexibility index (Phi) is 6.30. The van der Waals surface area contributed by atoms with E-state index in [9.17, 15) is 14.0 Å². The molecule has 1 aliphatic heterocycles. The number of nitrogens with two attached hydrogens (primary N) is 1. The normalized spacial score (nSPS) is 15.7. The minimum atomic E-state index is -1.63. The molecular weight excluding hydrogens is 460 g/mol. The summed E-state index contributed by atoms with van der Waals surface area (Å²) in [5.41, 5.74) is 3.75. The van der Waals surface area contributed by atoms with Crippen LogP contribution < -0.4 is 11.1 Å². The molecule has 35 heavy (non-hydrogen) atoms. The Labute approximate surface area is 200 Å². The van der Waals surface area contributed by atoms with E-state index in [0.29, 0.717) is 0 Å². The number of fused-ring (bicyclic) bond motifs is 1. The molecule has 0 bridgehead atoms. The number of halogens is 2. The smallest absolute Gasteiger partial charge is 0.410 e. The summed E-state index contributed by atoms with van der Waals surface area (Å²) in [4.78, 5) is 37.8. The fourth-order valence-electron chi connectivity index (χ4n) is 3.78. The van der Waals surface area contributed by atoms with Crippen LogP contribution in [0.15, 0.2) is 30.9 Å². The number of hydrogen-bond acceptors (Lipinski definition) is 7. The number of piperidine rings is 1. The lowest BCUT2D eigenvalue weighted by Crippen LogP contribution is -2.48. The van der Waals surface area contributed by atoms with Crippen LogP contribution in [-0.4, -0.2) is 67.2 Å². The monoisotopic (exact) mass is 487 g/mol. The van der Waals surface area contributed by atoms with Gasteiger partial charge in [0.1, 0.15) is 17.0 Å². The maximum Gasteiger partial charge on any atom is 0.410 e. The number of rotatable bonds is 5. The summed E-state index contributed by atoms with van der Waals surface area (Å²) >= 11 is 0. The third-order valence-corrected chi connectivity index (χ3v) is 5.62. The largest absolute Gasteiger partial charge is 0.444 e. The number of alkyl halides is 1. The van der Waals surface area contributed by atoms with Crippen molar-refractivity contribution >= 4 is 23.5 Å². The summed E-state index contributed by atoms with van der Waals surface area (Å²) in [7, 11) is 0. The number of carbonyl (C=O) groups is 2. The number of nitrogens with zero attached hydrogens (tertiary/aromatic N) is 5. The van der Waals surface area contributed by atoms with Crippen LogP contribution in [0.2, 0.25) is 0 Å². The van der Waals surface area contributed by atoms with Gasteiger partial charge in [0, 0.05) is 50.1 Å². The quantitative estimate of drug-likeness (QED) is 0.566. The molecule has 1 aliphatic rings. The molecule has 3 N–H and O–H groups in total. The lowest BCUT2D eigenvalue weighted by molar-refractivity contribution is 0.00574. The third-order valence-electron chi connectivity index (χ3n) is 5.62. The van der Waals surface area contributed by atoms with Crippen LogP contribution in [0, 0.1) is 5.82 Å². The number of imidazole rings is 1. The predicted octanol–water partition coefficient (Wildman–Crippen LogP) is 3.18. The Morgan fingerprint density at radius 2 is 1.94 bits per heavy atom. The van der Waals surface area contributed by atoms with Crippen LogP contribution in [0.3, 0.4) is 0 Å². The van der Waals surface area contributed by atoms with Gasteiger partial charge in [-0.1, -0.05) is 0 Å². The van der Waals surface area contributed by atoms with E-state index >= 15 is 4.39 Å². The lowest BCUT2D eigenvalue weighted by Gasteiger charge is -2.37. The van der Waals surface area contributed by atoms with E-state index in [4.69, 9.17) is 10.5 Å². The number of primary amides is 1. The summed E-state index contributed by atoms with van der Waals surface area (Å²) < 4.78 is 36.8. The molecule has 4 rings (SSSR count). The van der Waals surface area contributed by atoms with Gasteiger partial charge in [0.15, 0.2) is 17.3 Å². The standard InChI is InChI=1S/C23H27F2N7O3/c1-22(2,3)35-21(34)31-8-5-23(25,6-9-31)13-28-19-20-30-17(18(26)33)12-32(20)11-16(29-19)14-4-7-27-10-15(14)24/h4,7,10-12H,5-6,8-9,13H2,1-3H3,(H2,26,33)(H,28,29). The van der Waals surface area contributed by atoms with Gasteiger partial charge in [0.05, 0.1) is 18.4 Å². The molecule has 12 heteroatoms. The number of anilines is 1. The van der Waals surface area contributed by atoms with Crippen LogP contribution in [0.4, 0.5) is 19.4 Å². The zero-order valence-corrected chi connectivity index (χ0v) is 19.7. The van der Waals surface area contributed by atoms with Gasteiger partial charge in [-0.05, 0) is 26.8 Å². The van der Waals surface area contributed by atoms with Crippen molar-refractivity contribution in [1.82, 2.24) is 24.3 Å². The van der Waals surface area contributed by atoms with Gasteiger partial charge in [0.2, 0.25) is 0 Å². The highest BCUT2D eigenvalue weighted by Crippen LogP contribution is 2.30. The molecule has 4 heterocycles. The van der Waals surface area contributed by atoms with Crippen molar-refractivity contribution in [3.8, 4) is 11.3 Å². The second-order valence-electron chi connectivity index (χ2n) is 9.52. The minimum absolute atomic E-state index is 0.0113. The van der Waals surface area contributed by atoms with E-state index < -0.39 is 29.1 Å². The zero-order valence-electron chi connectivity index (χ0n) is 19.7. The van der Waals surface area contributed by atoms with Gasteiger partial charge in [-0.25, -0.2) is 23.5 Å². The first-order valence-corrected chi connectivity index (χ1v) is 11.1. The summed E-state index contributed by atoms with van der Waals surface area (Å²) in [5.74, 6) is -1.16. The number of likely N-dealkylation sites (tertiary alicyclic amines) is 1. The number of nitrogens with one attached hydrogen (secondary N) is 1. The molecule has 0 aliphatic carbocycles. The number of aromatic nitrogens is 4. The molecule has 0 atom stereocenters. The molecule has 10 nitrogen and oxygen atoms in total. The highest BCUT2D eigenvalue weighted by Gasteiger charge is 2.37. The summed E-state index contributed by atoms with van der Waals surface area (Å²) in [6.07, 6.45) is 5.10. The number of amides is 2. The molecule has 1 fully saturated rings. The van der Waals surface area contributed by atoms with E-state index in [1.807, 2.05) is 0 Å². The van der Waals surface area contributed by atoms with Crippen molar-refractivity contribution in [3.63, 3.8) is 0 Å². The number of pyridine rings is 1. The molecule has 0 spiro atoms. The molecule has 2 amide bonds. The van der Waals surface area contributed by atoms with Gasteiger partial charge in [-0.15, -0.1) is 0 Å². The Morgan fingerprint density at radius 3 is 2.57 bits per heavy atom. The first-order valence-electron chi connectivity index (χ1n) is 11.1. The number of hydrogen-bond donors (Lipinski definition) is 2. The molecule has 0 aromatic carbocycles. The van der Waals surface area contributed by atoms with E-state index in [1.54, 1.807) is 20.8 Å². The third kappa shape index (κ3) is 5.47. The Hall–Kier alpha value is -3.83. The molecular formula is C23H27F2N7O3. The Balaban J connectivity index is 1.55. The van der Waals surface area contributed by atoms with E-state index in [2.05, 4.69) is 20.3 Å². The van der Waals surface area contributed by atoms with Crippen molar-refractivity contribution < 1.29 is 23.1 Å². The first kappa shape index (κ1) is 24.3. The topological polar surface area (TPSA) is 128 Å². The molecule has 186 valence electrons. The molecule has 3 aromatic rings. The van der Waals surface area contributed by atoms with Crippen molar-refractivity contribution in [1.29, 1.82) is 0 Å². The second kappa shape index (κ2) is 9.08. The molecule has 1 saturated heterocycles. The molecule has 0 unspecified atom stereocenters. The average molecular weight is 488 g/mol. The number of ether oxygens (including phenoxy) is 1. The van der Waals surface area contributed by atoms with Gasteiger partial charge < -0.3 is 25.1 Å². The fraction of sp³-hybridized carbons (Fsp3) is 0.435. The Bertz CT molecular complexity index is 1260. The zero-order chi connectivity index (χ0) is 25.4. The lowest BCUT2D eigenvalue weighted by atomic mass is 9.93. The highest BCUT2D eigenvalue weighted by atomic mass is 19.1. The first-order chi connectivity index (χ1) is 16.4. The van der Waals surface area contributed by atoms with Crippen LogP contribution >= 0.6 is 0 Å². The van der Waals surface area contributed by atoms with Crippen LogP contribution in [0.25, 0.3) is 16.9 Å². The summed E-state index contributed by atoms with van der Waals surface area (Å²) in [5, 5.41) is 2.97. The average Bonchev–Trinajstić information content (AvgIpc) is 3.22. The maximum atomic E-state index is 15.6. The van der Waals surface area contributed by atoms with Crippen molar-refractivity contribution in [2.45, 2.75) is 44.9 Å². The Morgan fingerprint density at radius 1 is 1.23 bits per heavy atom. The predicted molar refractivity (Wildman–Crippen MR) is 124 cm³/mol. The van der Waals surface area contributed by atoms with Gasteiger partial charge in [-0.2, -0.15) is 0 Å². The van der Waals surface area contributed by atoms with E-state index in [1.165, 1.54) is 34.0 Å². The molecule has 0 radical (unpaired) electrons. The SMILES string of the molecule is CC(C)(C)OC(=O)N1CCC(F)(CNc2nc(-c3ccncc3F)cn3cc(C(N)=O)nc23)CC1. The van der Waals surface area contributed by atoms with E-state index in [-0.39, 0.29) is 60.9 Å². The summed E-state index contributed by atoms with van der Waals surface area (Å²) in [6.45, 7) is 5.60. The van der Waals surface area contributed by atoms with E-state index in [0.717, 1.165) is 6.20 Å². The highest BCUT2D eigenvalue weighted by molar-refractivity contribution is 5.92. The van der Waals surface area contributed by atoms with Crippen molar-refractivity contribution in [3.05, 3.63) is 42.4 Å². The van der Waals surface area contributed by atoms with Crippen molar-refractivity contribution in [2.24, 2.45) is 5.73 Å². The maximum absolute atomic E-state index is 15.6. The molecule has 0 saturated carbocycles. The van der Waals surface area contributed by atoms with Gasteiger partial charge in [0.25, 0.3) is 5.91 Å².